The van der Waals surface area contributed by atoms with E-state index in [0.717, 1.165) is 5.56 Å². The van der Waals surface area contributed by atoms with Crippen molar-refractivity contribution in [1.29, 1.82) is 5.26 Å². The molecule has 0 aliphatic carbocycles. The molecule has 0 saturated carbocycles. The summed E-state index contributed by atoms with van der Waals surface area (Å²) in [4.78, 5) is 12.4. The lowest BCUT2D eigenvalue weighted by Crippen LogP contribution is -2.12. The molecule has 3 heteroatoms. The topological polar surface area (TPSA) is 40.9 Å². The van der Waals surface area contributed by atoms with Crippen LogP contribution in [-0.4, -0.2) is 5.78 Å². The lowest BCUT2D eigenvalue weighted by molar-refractivity contribution is 0.0978. The first-order valence-corrected chi connectivity index (χ1v) is 5.88. The molecule has 0 saturated heterocycles. The van der Waals surface area contributed by atoms with E-state index in [-0.39, 0.29) is 5.78 Å². The Labute approximate surface area is 111 Å². The molecule has 19 heavy (non-hydrogen) atoms. The predicted octanol–water partition coefficient (Wildman–Crippen LogP) is 3.62. The van der Waals surface area contributed by atoms with Gasteiger partial charge in [0.1, 0.15) is 11.7 Å². The van der Waals surface area contributed by atoms with Crippen molar-refractivity contribution >= 4 is 5.78 Å². The van der Waals surface area contributed by atoms with E-state index in [1.807, 2.05) is 25.1 Å². The minimum absolute atomic E-state index is 0.300. The van der Waals surface area contributed by atoms with Crippen molar-refractivity contribution in [2.24, 2.45) is 0 Å². The fraction of sp³-hybridized carbons (Fsp3) is 0.125. The van der Waals surface area contributed by atoms with Crippen LogP contribution in [0, 0.1) is 24.1 Å². The van der Waals surface area contributed by atoms with E-state index in [9.17, 15) is 14.4 Å². The second kappa shape index (κ2) is 5.45. The van der Waals surface area contributed by atoms with Crippen LogP contribution in [0.5, 0.6) is 0 Å². The average molecular weight is 253 g/mol. The van der Waals surface area contributed by atoms with Crippen LogP contribution < -0.4 is 0 Å². The van der Waals surface area contributed by atoms with Gasteiger partial charge in [-0.3, -0.25) is 4.79 Å². The van der Waals surface area contributed by atoms with E-state index in [1.54, 1.807) is 18.2 Å². The Kier molecular flexibility index (Phi) is 3.72. The van der Waals surface area contributed by atoms with Gasteiger partial charge in [-0.1, -0.05) is 36.4 Å². The van der Waals surface area contributed by atoms with Crippen molar-refractivity contribution < 1.29 is 9.18 Å². The molecular formula is C16H12FNO. The van der Waals surface area contributed by atoms with Gasteiger partial charge >= 0.3 is 0 Å². The van der Waals surface area contributed by atoms with Crippen molar-refractivity contribution in [3.63, 3.8) is 0 Å². The number of ketones is 1. The number of hydrogen-bond donors (Lipinski definition) is 0. The van der Waals surface area contributed by atoms with Gasteiger partial charge in [0.25, 0.3) is 0 Å². The normalized spacial score (nSPS) is 11.6. The summed E-state index contributed by atoms with van der Waals surface area (Å²) in [5.41, 5.74) is 1.69. The second-order valence-electron chi connectivity index (χ2n) is 4.30. The van der Waals surface area contributed by atoms with Gasteiger partial charge < -0.3 is 0 Å². The highest BCUT2D eigenvalue weighted by Gasteiger charge is 2.23. The molecule has 1 atom stereocenters. The highest BCUT2D eigenvalue weighted by Crippen LogP contribution is 2.22. The van der Waals surface area contributed by atoms with Crippen LogP contribution in [0.3, 0.4) is 0 Å². The largest absolute Gasteiger partial charge is 0.292 e. The third kappa shape index (κ3) is 2.69. The first kappa shape index (κ1) is 13.0. The molecule has 0 spiro atoms. The van der Waals surface area contributed by atoms with Crippen molar-refractivity contribution in [3.05, 3.63) is 71.0 Å². The number of rotatable bonds is 3. The lowest BCUT2D eigenvalue weighted by Gasteiger charge is -2.10. The van der Waals surface area contributed by atoms with Crippen molar-refractivity contribution in [2.45, 2.75) is 12.8 Å². The first-order valence-electron chi connectivity index (χ1n) is 5.88. The molecule has 0 heterocycles. The standard InChI is InChI=1S/C16H12FNO/c1-11-5-2-3-8-14(11)16(19)15(10-18)12-6-4-7-13(17)9-12/h2-9,15H,1H3. The van der Waals surface area contributed by atoms with Crippen LogP contribution in [-0.2, 0) is 0 Å². The van der Waals surface area contributed by atoms with E-state index in [4.69, 9.17) is 0 Å². The molecule has 94 valence electrons. The van der Waals surface area contributed by atoms with Crippen molar-refractivity contribution in [1.82, 2.24) is 0 Å². The number of halogens is 1. The summed E-state index contributed by atoms with van der Waals surface area (Å²) in [5.74, 6) is -1.72. The van der Waals surface area contributed by atoms with Gasteiger partial charge in [-0.2, -0.15) is 5.26 Å². The Bertz CT molecular complexity index is 658. The van der Waals surface area contributed by atoms with Gasteiger partial charge in [-0.15, -0.1) is 0 Å². The number of Topliss-reactive ketones (excluding diaryl/α,β-unsaturated/α-hetero) is 1. The molecule has 0 amide bonds. The molecule has 0 radical (unpaired) electrons. The van der Waals surface area contributed by atoms with Crippen LogP contribution in [0.25, 0.3) is 0 Å². The molecule has 0 aliphatic rings. The molecule has 1 unspecified atom stereocenters. The summed E-state index contributed by atoms with van der Waals surface area (Å²) in [7, 11) is 0. The van der Waals surface area contributed by atoms with Gasteiger partial charge in [-0.25, -0.2) is 4.39 Å². The zero-order valence-corrected chi connectivity index (χ0v) is 10.4. The van der Waals surface area contributed by atoms with E-state index in [0.29, 0.717) is 11.1 Å². The molecule has 0 N–H and O–H groups in total. The molecular weight excluding hydrogens is 241 g/mol. The van der Waals surface area contributed by atoms with E-state index < -0.39 is 11.7 Å². The van der Waals surface area contributed by atoms with Crippen molar-refractivity contribution in [2.75, 3.05) is 0 Å². The van der Waals surface area contributed by atoms with Crippen LogP contribution in [0.1, 0.15) is 27.4 Å². The smallest absolute Gasteiger partial charge is 0.184 e. The minimum atomic E-state index is -0.975. The van der Waals surface area contributed by atoms with Gasteiger partial charge in [-0.05, 0) is 30.2 Å². The number of hydrogen-bond acceptors (Lipinski definition) is 2. The quantitative estimate of drug-likeness (QED) is 0.784. The fourth-order valence-electron chi connectivity index (χ4n) is 1.98. The summed E-state index contributed by atoms with van der Waals surface area (Å²) >= 11 is 0. The van der Waals surface area contributed by atoms with E-state index in [1.165, 1.54) is 18.2 Å². The molecule has 0 bridgehead atoms. The van der Waals surface area contributed by atoms with Crippen LogP contribution in [0.4, 0.5) is 4.39 Å². The third-order valence-corrected chi connectivity index (χ3v) is 2.98. The molecule has 0 aliphatic heterocycles. The Morgan fingerprint density at radius 1 is 1.21 bits per heavy atom. The Morgan fingerprint density at radius 3 is 2.58 bits per heavy atom. The molecule has 2 nitrogen and oxygen atoms in total. The number of nitrogens with zero attached hydrogens (tertiary/aromatic N) is 1. The lowest BCUT2D eigenvalue weighted by atomic mass is 9.90. The Hall–Kier alpha value is -2.47. The monoisotopic (exact) mass is 253 g/mol. The number of aryl methyl sites for hydroxylation is 1. The molecule has 2 aromatic rings. The summed E-state index contributed by atoms with van der Waals surface area (Å²) in [5, 5.41) is 9.20. The van der Waals surface area contributed by atoms with E-state index >= 15 is 0 Å². The molecule has 0 fully saturated rings. The summed E-state index contributed by atoms with van der Waals surface area (Å²) in [6, 6.07) is 14.6. The van der Waals surface area contributed by atoms with Gasteiger partial charge in [0, 0.05) is 5.56 Å². The maximum atomic E-state index is 13.2. The van der Waals surface area contributed by atoms with Crippen LogP contribution in [0.15, 0.2) is 48.5 Å². The summed E-state index contributed by atoms with van der Waals surface area (Å²) < 4.78 is 13.2. The summed E-state index contributed by atoms with van der Waals surface area (Å²) in [6.07, 6.45) is 0. The Balaban J connectivity index is 2.42. The molecule has 0 aromatic heterocycles. The molecule has 2 rings (SSSR count). The fourth-order valence-corrected chi connectivity index (χ4v) is 1.98. The SMILES string of the molecule is Cc1ccccc1C(=O)C(C#N)c1cccc(F)c1. The number of benzene rings is 2. The van der Waals surface area contributed by atoms with Crippen LogP contribution >= 0.6 is 0 Å². The van der Waals surface area contributed by atoms with Crippen LogP contribution in [0.2, 0.25) is 0 Å². The van der Waals surface area contributed by atoms with Gasteiger partial charge in [0.05, 0.1) is 6.07 Å². The first-order chi connectivity index (χ1) is 9.13. The highest BCUT2D eigenvalue weighted by molar-refractivity contribution is 6.03. The van der Waals surface area contributed by atoms with Gasteiger partial charge in [0.15, 0.2) is 5.78 Å². The number of nitriles is 1. The third-order valence-electron chi connectivity index (χ3n) is 2.98. The Morgan fingerprint density at radius 2 is 1.95 bits per heavy atom. The predicted molar refractivity (Wildman–Crippen MR) is 70.3 cm³/mol. The minimum Gasteiger partial charge on any atom is -0.292 e. The van der Waals surface area contributed by atoms with Gasteiger partial charge in [0.2, 0.25) is 0 Å². The zero-order chi connectivity index (χ0) is 13.8. The molecule has 2 aromatic carbocycles. The van der Waals surface area contributed by atoms with Crippen molar-refractivity contribution in [3.8, 4) is 6.07 Å². The zero-order valence-electron chi connectivity index (χ0n) is 10.4. The number of carbonyl (C=O) groups is 1. The summed E-state index contributed by atoms with van der Waals surface area (Å²) in [6.45, 7) is 1.81. The maximum absolute atomic E-state index is 13.2. The number of carbonyl (C=O) groups excluding carboxylic acids is 1. The highest BCUT2D eigenvalue weighted by atomic mass is 19.1. The van der Waals surface area contributed by atoms with E-state index in [2.05, 4.69) is 0 Å². The maximum Gasteiger partial charge on any atom is 0.184 e. The second-order valence-corrected chi connectivity index (χ2v) is 4.30. The average Bonchev–Trinajstić information content (AvgIpc) is 2.40.